The lowest BCUT2D eigenvalue weighted by atomic mass is 9.96. The third-order valence-corrected chi connectivity index (χ3v) is 2.24. The summed E-state index contributed by atoms with van der Waals surface area (Å²) in [4.78, 5) is 0. The van der Waals surface area contributed by atoms with Gasteiger partial charge in [0.2, 0.25) is 0 Å². The number of rotatable bonds is 2. The second kappa shape index (κ2) is 4.08. The van der Waals surface area contributed by atoms with E-state index in [2.05, 4.69) is 51.6 Å². The zero-order chi connectivity index (χ0) is 9.84. The van der Waals surface area contributed by atoms with Crippen molar-refractivity contribution >= 4 is 5.57 Å². The highest BCUT2D eigenvalue weighted by Crippen LogP contribution is 2.22. The number of benzene rings is 1. The van der Waals surface area contributed by atoms with E-state index in [0.717, 1.165) is 0 Å². The lowest BCUT2D eigenvalue weighted by Gasteiger charge is -2.09. The SMILES string of the molecule is C=C/C=C(/C)c1c(C)cccc1C. The van der Waals surface area contributed by atoms with Crippen LogP contribution in [0.3, 0.4) is 0 Å². The van der Waals surface area contributed by atoms with E-state index in [9.17, 15) is 0 Å². The molecule has 1 aromatic rings. The molecular formula is C13H16. The Morgan fingerprint density at radius 2 is 1.77 bits per heavy atom. The number of hydrogen-bond acceptors (Lipinski definition) is 0. The van der Waals surface area contributed by atoms with E-state index in [0.29, 0.717) is 0 Å². The summed E-state index contributed by atoms with van der Waals surface area (Å²) < 4.78 is 0. The summed E-state index contributed by atoms with van der Waals surface area (Å²) in [7, 11) is 0. The van der Waals surface area contributed by atoms with E-state index in [1.54, 1.807) is 0 Å². The van der Waals surface area contributed by atoms with E-state index in [-0.39, 0.29) is 0 Å². The predicted octanol–water partition coefficient (Wildman–Crippen LogP) is 3.89. The largest absolute Gasteiger partial charge is 0.0991 e. The first kappa shape index (κ1) is 9.79. The molecule has 0 N–H and O–H groups in total. The van der Waals surface area contributed by atoms with Crippen LogP contribution in [-0.2, 0) is 0 Å². The summed E-state index contributed by atoms with van der Waals surface area (Å²) >= 11 is 0. The highest BCUT2D eigenvalue weighted by atomic mass is 14.1. The maximum atomic E-state index is 3.71. The third-order valence-electron chi connectivity index (χ3n) is 2.24. The average molecular weight is 172 g/mol. The molecule has 0 nitrogen and oxygen atoms in total. The summed E-state index contributed by atoms with van der Waals surface area (Å²) in [6, 6.07) is 6.38. The molecule has 0 heteroatoms. The van der Waals surface area contributed by atoms with Gasteiger partial charge in [0, 0.05) is 0 Å². The standard InChI is InChI=1S/C13H16/c1-5-7-10(2)13-11(3)8-6-9-12(13)4/h5-9H,1H2,2-4H3/b10-7-. The van der Waals surface area contributed by atoms with E-state index < -0.39 is 0 Å². The zero-order valence-electron chi connectivity index (χ0n) is 8.59. The van der Waals surface area contributed by atoms with Crippen molar-refractivity contribution in [1.29, 1.82) is 0 Å². The van der Waals surface area contributed by atoms with Crippen LogP contribution in [0.5, 0.6) is 0 Å². The molecule has 0 spiro atoms. The van der Waals surface area contributed by atoms with Crippen molar-refractivity contribution < 1.29 is 0 Å². The Kier molecular flexibility index (Phi) is 3.07. The van der Waals surface area contributed by atoms with Crippen LogP contribution in [0.2, 0.25) is 0 Å². The van der Waals surface area contributed by atoms with Crippen molar-refractivity contribution in [3.63, 3.8) is 0 Å². The van der Waals surface area contributed by atoms with Gasteiger partial charge in [0.05, 0.1) is 0 Å². The molecule has 0 atom stereocenters. The maximum absolute atomic E-state index is 3.71. The fourth-order valence-electron chi connectivity index (χ4n) is 1.70. The van der Waals surface area contributed by atoms with Gasteiger partial charge in [-0.15, -0.1) is 0 Å². The maximum Gasteiger partial charge on any atom is -0.0169 e. The quantitative estimate of drug-likeness (QED) is 0.594. The van der Waals surface area contributed by atoms with Crippen molar-refractivity contribution in [2.45, 2.75) is 20.8 Å². The summed E-state index contributed by atoms with van der Waals surface area (Å²) in [5, 5.41) is 0. The number of allylic oxidation sites excluding steroid dienone is 3. The molecule has 0 heterocycles. The summed E-state index contributed by atoms with van der Waals surface area (Å²) in [5.74, 6) is 0. The predicted molar refractivity (Wildman–Crippen MR) is 59.8 cm³/mol. The van der Waals surface area contributed by atoms with Crippen molar-refractivity contribution in [3.8, 4) is 0 Å². The van der Waals surface area contributed by atoms with E-state index in [4.69, 9.17) is 0 Å². The highest BCUT2D eigenvalue weighted by Gasteiger charge is 2.02. The first-order chi connectivity index (χ1) is 6.16. The molecule has 68 valence electrons. The topological polar surface area (TPSA) is 0 Å². The van der Waals surface area contributed by atoms with Crippen LogP contribution in [0.15, 0.2) is 36.9 Å². The molecule has 0 aliphatic rings. The van der Waals surface area contributed by atoms with Crippen LogP contribution in [0, 0.1) is 13.8 Å². The van der Waals surface area contributed by atoms with Crippen molar-refractivity contribution in [2.75, 3.05) is 0 Å². The Balaban J connectivity index is 3.27. The van der Waals surface area contributed by atoms with E-state index >= 15 is 0 Å². The molecule has 0 bridgehead atoms. The third kappa shape index (κ3) is 2.09. The second-order valence-electron chi connectivity index (χ2n) is 3.35. The molecule has 13 heavy (non-hydrogen) atoms. The monoisotopic (exact) mass is 172 g/mol. The van der Waals surface area contributed by atoms with Gasteiger partial charge in [-0.25, -0.2) is 0 Å². The second-order valence-corrected chi connectivity index (χ2v) is 3.35. The fraction of sp³-hybridized carbons (Fsp3) is 0.231. The Bertz CT molecular complexity index is 323. The van der Waals surface area contributed by atoms with E-state index in [1.807, 2.05) is 6.08 Å². The Morgan fingerprint density at radius 1 is 1.23 bits per heavy atom. The molecule has 0 aliphatic carbocycles. The average Bonchev–Trinajstić information content (AvgIpc) is 2.04. The van der Waals surface area contributed by atoms with Crippen LogP contribution in [0.25, 0.3) is 5.57 Å². The van der Waals surface area contributed by atoms with Crippen LogP contribution in [0.1, 0.15) is 23.6 Å². The number of aryl methyl sites for hydroxylation is 2. The first-order valence-corrected chi connectivity index (χ1v) is 4.52. The fourth-order valence-corrected chi connectivity index (χ4v) is 1.70. The Labute approximate surface area is 80.6 Å². The lowest BCUT2D eigenvalue weighted by molar-refractivity contribution is 1.33. The van der Waals surface area contributed by atoms with Crippen molar-refractivity contribution in [2.24, 2.45) is 0 Å². The minimum absolute atomic E-state index is 1.28. The van der Waals surface area contributed by atoms with Crippen LogP contribution >= 0.6 is 0 Å². The molecule has 0 aromatic heterocycles. The first-order valence-electron chi connectivity index (χ1n) is 4.52. The number of hydrogen-bond donors (Lipinski definition) is 0. The molecule has 0 unspecified atom stereocenters. The van der Waals surface area contributed by atoms with Crippen molar-refractivity contribution in [3.05, 3.63) is 53.6 Å². The van der Waals surface area contributed by atoms with Gasteiger partial charge in [0.15, 0.2) is 0 Å². The Morgan fingerprint density at radius 3 is 2.23 bits per heavy atom. The summed E-state index contributed by atoms with van der Waals surface area (Å²) in [6.45, 7) is 10.1. The van der Waals surface area contributed by atoms with Crippen LogP contribution in [0.4, 0.5) is 0 Å². The molecule has 0 fully saturated rings. The van der Waals surface area contributed by atoms with Gasteiger partial charge in [-0.3, -0.25) is 0 Å². The lowest BCUT2D eigenvalue weighted by Crippen LogP contribution is -1.89. The van der Waals surface area contributed by atoms with Crippen LogP contribution < -0.4 is 0 Å². The zero-order valence-corrected chi connectivity index (χ0v) is 8.59. The summed E-state index contributed by atoms with van der Waals surface area (Å²) in [6.07, 6.45) is 3.89. The molecule has 0 radical (unpaired) electrons. The van der Waals surface area contributed by atoms with E-state index in [1.165, 1.54) is 22.3 Å². The van der Waals surface area contributed by atoms with Gasteiger partial charge in [-0.2, -0.15) is 0 Å². The van der Waals surface area contributed by atoms with Gasteiger partial charge >= 0.3 is 0 Å². The van der Waals surface area contributed by atoms with Gasteiger partial charge < -0.3 is 0 Å². The molecule has 1 rings (SSSR count). The molecule has 0 aliphatic heterocycles. The van der Waals surface area contributed by atoms with Crippen molar-refractivity contribution in [1.82, 2.24) is 0 Å². The minimum atomic E-state index is 1.28. The van der Waals surface area contributed by atoms with Gasteiger partial charge in [0.25, 0.3) is 0 Å². The van der Waals surface area contributed by atoms with Gasteiger partial charge in [0.1, 0.15) is 0 Å². The smallest absolute Gasteiger partial charge is 0.0169 e. The van der Waals surface area contributed by atoms with Crippen LogP contribution in [-0.4, -0.2) is 0 Å². The van der Waals surface area contributed by atoms with Gasteiger partial charge in [-0.1, -0.05) is 36.9 Å². The molecule has 1 aromatic carbocycles. The summed E-state index contributed by atoms with van der Waals surface area (Å²) in [5.41, 5.74) is 5.29. The minimum Gasteiger partial charge on any atom is -0.0991 e. The Hall–Kier alpha value is -1.30. The van der Waals surface area contributed by atoms with Gasteiger partial charge in [-0.05, 0) is 43.0 Å². The molecule has 0 saturated carbocycles. The molecule has 0 amide bonds. The highest BCUT2D eigenvalue weighted by molar-refractivity contribution is 5.70. The molecule has 0 saturated heterocycles. The normalized spacial score (nSPS) is 11.5. The molecular weight excluding hydrogens is 156 g/mol.